The van der Waals surface area contributed by atoms with Gasteiger partial charge in [-0.3, -0.25) is 28.3 Å². The Hall–Kier alpha value is -15.6. The molecule has 16 aromatic heterocycles. The van der Waals surface area contributed by atoms with Gasteiger partial charge < -0.3 is 19.9 Å². The van der Waals surface area contributed by atoms with Crippen molar-refractivity contribution in [2.24, 2.45) is 0 Å². The maximum atomic E-state index is 11.7. The number of carbonyl (C=O) groups is 2. The van der Waals surface area contributed by atoms with E-state index in [1.807, 2.05) is 190 Å². The number of imidazole rings is 4. The number of fused-ring (bicyclic) bond motifs is 4. The fourth-order valence-electron chi connectivity index (χ4n) is 15.3. The van der Waals surface area contributed by atoms with E-state index in [2.05, 4.69) is 178 Å². The van der Waals surface area contributed by atoms with Gasteiger partial charge in [-0.05, 0) is 216 Å². The average molecular weight is 1700 g/mol. The molecule has 0 spiro atoms. The van der Waals surface area contributed by atoms with Gasteiger partial charge >= 0.3 is 0 Å². The fourth-order valence-corrected chi connectivity index (χ4v) is 15.3. The number of pyridine rings is 4. The Labute approximate surface area is 738 Å². The van der Waals surface area contributed by atoms with Crippen LogP contribution in [0.3, 0.4) is 0 Å². The molecule has 0 fully saturated rings. The number of aryl methyl sites for hydroxylation is 10. The van der Waals surface area contributed by atoms with Gasteiger partial charge in [0.25, 0.3) is 0 Å². The number of benzene rings is 4. The first-order valence-corrected chi connectivity index (χ1v) is 43.2. The monoisotopic (exact) mass is 1700 g/mol. The Morgan fingerprint density at radius 3 is 0.789 bits per heavy atom. The molecule has 0 atom stereocenters. The molecule has 0 amide bonds. The van der Waals surface area contributed by atoms with E-state index in [9.17, 15) is 9.59 Å². The fraction of sp³-hybridized carbons (Fsp3) is 0.245. The van der Waals surface area contributed by atoms with Crippen molar-refractivity contribution in [3.8, 4) is 90.6 Å². The summed E-state index contributed by atoms with van der Waals surface area (Å²) in [6.45, 7) is 24.3. The molecule has 20 rings (SSSR count). The number of nitrogens with zero attached hydrogens (tertiary/aromatic N) is 24. The van der Waals surface area contributed by atoms with E-state index in [4.69, 9.17) is 40.3 Å². The number of aromatic nitrogens is 28. The summed E-state index contributed by atoms with van der Waals surface area (Å²) in [5.74, 6) is 3.78. The van der Waals surface area contributed by atoms with Crippen LogP contribution in [0.25, 0.3) is 113 Å². The highest BCUT2D eigenvalue weighted by atomic mass is 16.1. The van der Waals surface area contributed by atoms with Crippen LogP contribution in [0.2, 0.25) is 0 Å². The van der Waals surface area contributed by atoms with E-state index < -0.39 is 0 Å². The molecule has 644 valence electrons. The largest absolute Gasteiger partial charge is 0.340 e. The molecule has 0 radical (unpaired) electrons. The molecular formula is C98H100N28O2. The molecule has 30 nitrogen and oxygen atoms in total. The van der Waals surface area contributed by atoms with Gasteiger partial charge in [0.05, 0.1) is 45.6 Å². The molecule has 0 aliphatic carbocycles. The molecule has 4 N–H and O–H groups in total. The van der Waals surface area contributed by atoms with E-state index >= 15 is 0 Å². The number of H-pyrrole nitrogens is 4. The first-order chi connectivity index (χ1) is 62.1. The Bertz CT molecular complexity index is 6840. The molecule has 128 heavy (non-hydrogen) atoms. The highest BCUT2D eigenvalue weighted by molar-refractivity contribution is 5.95. The van der Waals surface area contributed by atoms with E-state index in [-0.39, 0.29) is 23.7 Å². The molecule has 0 aliphatic rings. The summed E-state index contributed by atoms with van der Waals surface area (Å²) in [4.78, 5) is 74.3. The molecule has 0 unspecified atom stereocenters. The number of carbonyl (C=O) groups excluding carboxylic acids is 2. The number of Topliss-reactive ketones (excluding diaryl/α,β-unsaturated/α-hetero) is 2. The molecule has 20 aromatic rings. The third-order valence-corrected chi connectivity index (χ3v) is 22.2. The highest BCUT2D eigenvalue weighted by Gasteiger charge is 2.24. The number of rotatable bonds is 26. The van der Waals surface area contributed by atoms with Gasteiger partial charge in [-0.1, -0.05) is 96.1 Å². The zero-order valence-electron chi connectivity index (χ0n) is 73.6. The summed E-state index contributed by atoms with van der Waals surface area (Å²) in [5, 5.41) is 36.1. The molecular weight excluding hydrogens is 1600 g/mol. The van der Waals surface area contributed by atoms with Crippen LogP contribution < -0.4 is 0 Å². The molecule has 4 aromatic carbocycles. The number of ketones is 2. The quantitative estimate of drug-likeness (QED) is 0.0366. The van der Waals surface area contributed by atoms with Gasteiger partial charge in [0, 0.05) is 133 Å². The van der Waals surface area contributed by atoms with Gasteiger partial charge in [-0.15, -0.1) is 0 Å². The third kappa shape index (κ3) is 19.5. The maximum Gasteiger partial charge on any atom is 0.159 e. The molecule has 0 aliphatic heterocycles. The van der Waals surface area contributed by atoms with Crippen molar-refractivity contribution >= 4 is 34.2 Å². The lowest BCUT2D eigenvalue weighted by Crippen LogP contribution is -2.01. The van der Waals surface area contributed by atoms with Gasteiger partial charge in [0.15, 0.2) is 34.2 Å². The number of aromatic amines is 4. The minimum atomic E-state index is 0.0728. The lowest BCUT2D eigenvalue weighted by Gasteiger charge is -2.04. The number of nitrogens with one attached hydrogen (secondary N) is 4. The van der Waals surface area contributed by atoms with Crippen molar-refractivity contribution in [1.82, 2.24) is 137 Å². The normalized spacial score (nSPS) is 11.6. The van der Waals surface area contributed by atoms with Gasteiger partial charge in [-0.25, -0.2) is 57.9 Å². The smallest absolute Gasteiger partial charge is 0.159 e. The number of hydrogen-bond donors (Lipinski definition) is 4. The summed E-state index contributed by atoms with van der Waals surface area (Å²) >= 11 is 0. The standard InChI is InChI=1S/2C25H25N7O.2C24H25N7/c2*1-16(2)31-12-11-21(30-31)25-24(20-8-10-23-26-15-27-32(23)14-20)28-22(29-25)9-7-18-5-4-6-19(13-18)17(3)33;2*1-16(2)30-12-11-20(29-30)24-23(19-8-10-22-25-15-26-31(22)14-19)27-21(28-24)9-7-18-6-4-5-17(3)13-18/h2*4-6,8,10-16H,7,9H2,1-3H3,(H,28,29);2*4-6,8,10-16H,7,9H2,1-3H3,(H,27,28). The zero-order chi connectivity index (χ0) is 88.6. The lowest BCUT2D eigenvalue weighted by molar-refractivity contribution is 0.100. The summed E-state index contributed by atoms with van der Waals surface area (Å²) in [7, 11) is 0. The molecule has 16 heterocycles. The molecule has 0 saturated carbocycles. The van der Waals surface area contributed by atoms with Crippen molar-refractivity contribution in [1.29, 1.82) is 0 Å². The average Bonchev–Trinajstić information content (AvgIpc) is 1.65. The van der Waals surface area contributed by atoms with Crippen LogP contribution in [0.5, 0.6) is 0 Å². The van der Waals surface area contributed by atoms with Crippen LogP contribution in [-0.4, -0.2) is 149 Å². The topological polar surface area (TPSA) is 341 Å². The summed E-state index contributed by atoms with van der Waals surface area (Å²) in [5.41, 5.74) is 26.3. The van der Waals surface area contributed by atoms with Crippen LogP contribution >= 0.6 is 0 Å². The lowest BCUT2D eigenvalue weighted by atomic mass is 10.0. The van der Waals surface area contributed by atoms with Gasteiger partial charge in [0.1, 0.15) is 71.4 Å². The second-order valence-corrected chi connectivity index (χ2v) is 33.1. The van der Waals surface area contributed by atoms with Gasteiger partial charge in [-0.2, -0.15) is 40.8 Å². The molecule has 0 saturated heterocycles. The minimum absolute atomic E-state index is 0.0728. The van der Waals surface area contributed by atoms with E-state index in [0.29, 0.717) is 24.9 Å². The Balaban J connectivity index is 0.000000120. The predicted molar refractivity (Wildman–Crippen MR) is 494 cm³/mol. The number of hydrogen-bond acceptors (Lipinski definition) is 18. The first kappa shape index (κ1) is 84.6. The van der Waals surface area contributed by atoms with Crippen molar-refractivity contribution in [2.75, 3.05) is 0 Å². The van der Waals surface area contributed by atoms with Crippen LogP contribution in [0.15, 0.2) is 245 Å². The van der Waals surface area contributed by atoms with E-state index in [1.165, 1.54) is 34.9 Å². The van der Waals surface area contributed by atoms with Gasteiger partial charge in [0.2, 0.25) is 0 Å². The molecule has 0 bridgehead atoms. The third-order valence-electron chi connectivity index (χ3n) is 22.2. The van der Waals surface area contributed by atoms with Crippen LogP contribution in [0, 0.1) is 13.8 Å². The zero-order valence-corrected chi connectivity index (χ0v) is 73.6. The van der Waals surface area contributed by atoms with Crippen molar-refractivity contribution in [3.05, 3.63) is 313 Å². The predicted octanol–water partition coefficient (Wildman–Crippen LogP) is 18.4. The van der Waals surface area contributed by atoms with Crippen molar-refractivity contribution in [3.63, 3.8) is 0 Å². The summed E-state index contributed by atoms with van der Waals surface area (Å²) < 4.78 is 14.8. The van der Waals surface area contributed by atoms with E-state index in [0.717, 1.165) is 197 Å². The second kappa shape index (κ2) is 37.4. The summed E-state index contributed by atoms with van der Waals surface area (Å²) in [6, 6.07) is 57.9. The SMILES string of the molecule is CC(=O)c1cccc(CCc2nc(-c3ccc4ncnn4c3)c(-c3ccn(C(C)C)n3)[nH]2)c1.CC(=O)c1cccc(CCc2nc(-c3ccc4ncnn4c3)c(-c3ccn(C(C)C)n3)[nH]2)c1.Cc1cccc(CCc2nc(-c3ccc4ncnn4c3)c(-c3ccn(C(C)C)n3)[nH]2)c1.Cc1cccc(CCc2nc(-c3ccc4ncnn4c3)c(-c3ccn(C(C)C)n3)[nH]2)c1. The van der Waals surface area contributed by atoms with E-state index in [1.54, 1.807) is 44.6 Å². The van der Waals surface area contributed by atoms with Crippen LogP contribution in [0.1, 0.15) is 171 Å². The minimum Gasteiger partial charge on any atom is -0.340 e. The van der Waals surface area contributed by atoms with Crippen molar-refractivity contribution in [2.45, 2.75) is 159 Å². The van der Waals surface area contributed by atoms with Crippen molar-refractivity contribution < 1.29 is 9.59 Å². The Kier molecular flexibility index (Phi) is 24.7. The highest BCUT2D eigenvalue weighted by Crippen LogP contribution is 2.36. The Morgan fingerprint density at radius 2 is 0.555 bits per heavy atom. The van der Waals surface area contributed by atoms with Crippen LogP contribution in [-0.2, 0) is 51.4 Å². The molecule has 30 heteroatoms. The first-order valence-electron chi connectivity index (χ1n) is 43.2. The van der Waals surface area contributed by atoms with Crippen LogP contribution in [0.4, 0.5) is 0 Å². The second-order valence-electron chi connectivity index (χ2n) is 33.1. The Morgan fingerprint density at radius 1 is 0.305 bits per heavy atom. The summed E-state index contributed by atoms with van der Waals surface area (Å²) in [6.07, 6.45) is 28.5. The maximum absolute atomic E-state index is 11.7.